The molecule has 1 aromatic heterocycles. The van der Waals surface area contributed by atoms with E-state index in [0.717, 1.165) is 79.5 Å². The molecule has 0 amide bonds. The van der Waals surface area contributed by atoms with Crippen LogP contribution in [0, 0.1) is 26.2 Å². The lowest BCUT2D eigenvalue weighted by molar-refractivity contribution is -0.160. The van der Waals surface area contributed by atoms with E-state index in [1.54, 1.807) is 0 Å². The number of hydrogen-bond donors (Lipinski definition) is 1. The first kappa shape index (κ1) is 32.5. The van der Waals surface area contributed by atoms with E-state index < -0.39 is 17.7 Å². The molecule has 0 aliphatic carbocycles. The van der Waals surface area contributed by atoms with Crippen molar-refractivity contribution in [1.29, 1.82) is 0 Å². The molecule has 5 rings (SSSR count). The van der Waals surface area contributed by atoms with Crippen LogP contribution in [0.25, 0.3) is 11.1 Å². The smallest absolute Gasteiger partial charge is 0.337 e. The van der Waals surface area contributed by atoms with Crippen LogP contribution in [-0.2, 0) is 29.0 Å². The summed E-state index contributed by atoms with van der Waals surface area (Å²) in [5.74, 6) is -0.987. The number of nitrogens with zero attached hydrogens (tertiary/aromatic N) is 3. The van der Waals surface area contributed by atoms with Gasteiger partial charge in [-0.25, -0.2) is 4.79 Å². The van der Waals surface area contributed by atoms with Crippen molar-refractivity contribution in [3.8, 4) is 11.1 Å². The molecule has 2 aliphatic heterocycles. The van der Waals surface area contributed by atoms with E-state index in [2.05, 4.69) is 67.8 Å². The summed E-state index contributed by atoms with van der Waals surface area (Å²) in [7, 11) is 0. The van der Waals surface area contributed by atoms with Crippen LogP contribution >= 0.6 is 11.6 Å². The molecule has 2 aromatic carbocycles. The first-order valence-electron chi connectivity index (χ1n) is 15.9. The highest BCUT2D eigenvalue weighted by atomic mass is 35.5. The molecule has 0 bridgehead atoms. The van der Waals surface area contributed by atoms with Crippen molar-refractivity contribution in [2.24, 2.45) is 5.41 Å². The van der Waals surface area contributed by atoms with Crippen molar-refractivity contribution in [2.75, 3.05) is 24.5 Å². The van der Waals surface area contributed by atoms with E-state index in [4.69, 9.17) is 21.3 Å². The van der Waals surface area contributed by atoms with Crippen molar-refractivity contribution in [1.82, 2.24) is 9.88 Å². The third kappa shape index (κ3) is 7.14. The zero-order chi connectivity index (χ0) is 32.0. The zero-order valence-corrected chi connectivity index (χ0v) is 28.4. The van der Waals surface area contributed by atoms with Gasteiger partial charge in [-0.15, -0.1) is 0 Å². The minimum Gasteiger partial charge on any atom is -0.479 e. The van der Waals surface area contributed by atoms with Gasteiger partial charge in [0.15, 0.2) is 6.10 Å². The lowest BCUT2D eigenvalue weighted by Gasteiger charge is -2.41. The van der Waals surface area contributed by atoms with Gasteiger partial charge in [0, 0.05) is 60.3 Å². The molecule has 7 heteroatoms. The molecular weight excluding hydrogens is 570 g/mol. The second-order valence-corrected chi connectivity index (χ2v) is 15.0. The Labute approximate surface area is 268 Å². The number of pyridine rings is 1. The SMILES string of the molecule is Cc1ccc(Cl)cc1CN1CCc2cc(-c3c(C)nc(C)c(C(OC(C)(C)C)C(=O)O)c3N3CCC(C)(C)CC3)ccc2C1. The molecule has 1 saturated heterocycles. The Morgan fingerprint density at radius 3 is 2.39 bits per heavy atom. The third-order valence-electron chi connectivity index (χ3n) is 9.26. The number of halogens is 1. The molecule has 0 saturated carbocycles. The van der Waals surface area contributed by atoms with Gasteiger partial charge in [0.25, 0.3) is 0 Å². The first-order valence-corrected chi connectivity index (χ1v) is 16.3. The summed E-state index contributed by atoms with van der Waals surface area (Å²) in [6, 6.07) is 12.9. The van der Waals surface area contributed by atoms with E-state index in [-0.39, 0.29) is 5.41 Å². The monoisotopic (exact) mass is 617 g/mol. The van der Waals surface area contributed by atoms with Gasteiger partial charge in [0.1, 0.15) is 0 Å². The summed E-state index contributed by atoms with van der Waals surface area (Å²) in [5.41, 5.74) is 10.2. The Morgan fingerprint density at radius 1 is 1.02 bits per heavy atom. The maximum atomic E-state index is 12.8. The fourth-order valence-electron chi connectivity index (χ4n) is 6.71. The highest BCUT2D eigenvalue weighted by Gasteiger charge is 2.36. The predicted octanol–water partition coefficient (Wildman–Crippen LogP) is 8.45. The third-order valence-corrected chi connectivity index (χ3v) is 9.50. The quantitative estimate of drug-likeness (QED) is 0.287. The van der Waals surface area contributed by atoms with Crippen LogP contribution < -0.4 is 4.90 Å². The lowest BCUT2D eigenvalue weighted by atomic mass is 9.81. The van der Waals surface area contributed by atoms with Crippen LogP contribution in [0.5, 0.6) is 0 Å². The Kier molecular flexibility index (Phi) is 9.19. The lowest BCUT2D eigenvalue weighted by Crippen LogP contribution is -2.39. The van der Waals surface area contributed by atoms with Crippen LogP contribution in [0.3, 0.4) is 0 Å². The molecule has 1 unspecified atom stereocenters. The fourth-order valence-corrected chi connectivity index (χ4v) is 6.90. The molecule has 1 N–H and O–H groups in total. The molecule has 44 heavy (non-hydrogen) atoms. The van der Waals surface area contributed by atoms with Gasteiger partial charge >= 0.3 is 5.97 Å². The summed E-state index contributed by atoms with van der Waals surface area (Å²) in [4.78, 5) is 22.7. The van der Waals surface area contributed by atoms with E-state index in [0.29, 0.717) is 11.3 Å². The number of fused-ring (bicyclic) bond motifs is 1. The zero-order valence-electron chi connectivity index (χ0n) is 27.7. The summed E-state index contributed by atoms with van der Waals surface area (Å²) in [6.07, 6.45) is 1.91. The second kappa shape index (κ2) is 12.5. The molecule has 3 heterocycles. The highest BCUT2D eigenvalue weighted by molar-refractivity contribution is 6.30. The summed E-state index contributed by atoms with van der Waals surface area (Å²) in [6.45, 7) is 20.9. The molecule has 3 aromatic rings. The number of piperidine rings is 1. The minimum atomic E-state index is -1.12. The van der Waals surface area contributed by atoms with E-state index in [1.165, 1.54) is 22.3 Å². The topological polar surface area (TPSA) is 65.9 Å². The number of benzene rings is 2. The van der Waals surface area contributed by atoms with Crippen molar-refractivity contribution in [3.63, 3.8) is 0 Å². The van der Waals surface area contributed by atoms with Gasteiger partial charge in [0.05, 0.1) is 11.3 Å². The maximum Gasteiger partial charge on any atom is 0.337 e. The Morgan fingerprint density at radius 2 is 1.73 bits per heavy atom. The van der Waals surface area contributed by atoms with Gasteiger partial charge in [-0.2, -0.15) is 0 Å². The van der Waals surface area contributed by atoms with Gasteiger partial charge < -0.3 is 14.7 Å². The molecule has 1 fully saturated rings. The average Bonchev–Trinajstić information content (AvgIpc) is 2.93. The number of aryl methyl sites for hydroxylation is 3. The largest absolute Gasteiger partial charge is 0.479 e. The van der Waals surface area contributed by atoms with Crippen LogP contribution in [0.1, 0.15) is 92.8 Å². The Hall–Kier alpha value is -2.93. The molecule has 236 valence electrons. The number of ether oxygens (including phenoxy) is 1. The van der Waals surface area contributed by atoms with Gasteiger partial charge in [-0.3, -0.25) is 9.88 Å². The summed E-state index contributed by atoms with van der Waals surface area (Å²) in [5, 5.41) is 11.3. The van der Waals surface area contributed by atoms with E-state index in [1.807, 2.05) is 33.8 Å². The van der Waals surface area contributed by atoms with E-state index >= 15 is 0 Å². The van der Waals surface area contributed by atoms with Crippen molar-refractivity contribution < 1.29 is 14.6 Å². The van der Waals surface area contributed by atoms with Crippen LogP contribution in [0.15, 0.2) is 36.4 Å². The number of carboxylic acid groups (broad SMARTS) is 1. The molecule has 0 radical (unpaired) electrons. The number of aliphatic carboxylic acids is 1. The fraction of sp³-hybridized carbons (Fsp3) is 0.514. The van der Waals surface area contributed by atoms with Crippen LogP contribution in [0.4, 0.5) is 5.69 Å². The number of aromatic nitrogens is 1. The second-order valence-electron chi connectivity index (χ2n) is 14.5. The Bertz CT molecular complexity index is 1550. The number of hydrogen-bond acceptors (Lipinski definition) is 5. The average molecular weight is 618 g/mol. The summed E-state index contributed by atoms with van der Waals surface area (Å²) >= 11 is 6.31. The number of carbonyl (C=O) groups is 1. The van der Waals surface area contributed by atoms with Crippen LogP contribution in [0.2, 0.25) is 5.02 Å². The van der Waals surface area contributed by atoms with Gasteiger partial charge in [-0.1, -0.05) is 49.7 Å². The molecule has 1 atom stereocenters. The summed E-state index contributed by atoms with van der Waals surface area (Å²) < 4.78 is 6.26. The molecule has 0 spiro atoms. The number of rotatable bonds is 7. The number of anilines is 1. The van der Waals surface area contributed by atoms with Gasteiger partial charge in [0.2, 0.25) is 0 Å². The molecule has 2 aliphatic rings. The maximum absolute atomic E-state index is 12.8. The first-order chi connectivity index (χ1) is 20.6. The van der Waals surface area contributed by atoms with Crippen molar-refractivity contribution in [2.45, 2.75) is 99.4 Å². The van der Waals surface area contributed by atoms with E-state index in [9.17, 15) is 9.90 Å². The highest BCUT2D eigenvalue weighted by Crippen LogP contribution is 2.45. The predicted molar refractivity (Wildman–Crippen MR) is 180 cm³/mol. The minimum absolute atomic E-state index is 0.253. The number of carboxylic acids is 1. The van der Waals surface area contributed by atoms with Crippen molar-refractivity contribution in [3.05, 3.63) is 80.6 Å². The van der Waals surface area contributed by atoms with Crippen LogP contribution in [-0.4, -0.2) is 46.2 Å². The normalized spacial score (nSPS) is 17.8. The van der Waals surface area contributed by atoms with Crippen molar-refractivity contribution >= 4 is 23.3 Å². The molecular formula is C37H48ClN3O3. The molecule has 6 nitrogen and oxygen atoms in total. The Balaban J connectivity index is 1.57. The van der Waals surface area contributed by atoms with Gasteiger partial charge in [-0.05, 0) is 106 Å². The standard InChI is InChI=1S/C37H48ClN3O3/c1-23-9-12-30(38)20-29(23)22-40-16-13-26-19-27(10-11-28(26)21-40)31-24(2)39-25(3)32(34(35(42)43)44-36(4,5)6)33(31)41-17-14-37(7,8)15-18-41/h9-12,19-20,34H,13-18,21-22H2,1-8H3,(H,42,43).